The van der Waals surface area contributed by atoms with Crippen molar-refractivity contribution in [2.75, 3.05) is 18.5 Å². The summed E-state index contributed by atoms with van der Waals surface area (Å²) in [6.45, 7) is -2.18. The van der Waals surface area contributed by atoms with Crippen LogP contribution in [-0.2, 0) is 0 Å². The molecule has 0 saturated heterocycles. The van der Waals surface area contributed by atoms with Gasteiger partial charge in [0.1, 0.15) is 11.8 Å². The Hall–Kier alpha value is -2.46. The summed E-state index contributed by atoms with van der Waals surface area (Å²) in [5.74, 6) is 0.0242. The van der Waals surface area contributed by atoms with E-state index in [-0.39, 0.29) is 17.8 Å². The fourth-order valence-corrected chi connectivity index (χ4v) is 3.33. The van der Waals surface area contributed by atoms with Gasteiger partial charge in [-0.2, -0.15) is 14.0 Å². The topological polar surface area (TPSA) is 78.2 Å². The molecule has 0 unspecified atom stereocenters. The molecule has 25 heavy (non-hydrogen) atoms. The molecule has 1 aromatic carbocycles. The van der Waals surface area contributed by atoms with Gasteiger partial charge >= 0.3 is 6.61 Å². The highest BCUT2D eigenvalue weighted by atomic mass is 19.3. The number of aliphatic hydroxyl groups excluding tert-OH is 1. The molecular formula is C18H19F2N3O2. The zero-order chi connectivity index (χ0) is 17.9. The Balaban J connectivity index is 1.94. The van der Waals surface area contributed by atoms with Crippen molar-refractivity contribution in [3.8, 4) is 11.8 Å². The van der Waals surface area contributed by atoms with Crippen LogP contribution in [0.2, 0.25) is 0 Å². The van der Waals surface area contributed by atoms with E-state index in [1.807, 2.05) is 0 Å². The maximum absolute atomic E-state index is 12.5. The number of nitriles is 1. The van der Waals surface area contributed by atoms with Crippen LogP contribution in [0.15, 0.2) is 24.4 Å². The van der Waals surface area contributed by atoms with Gasteiger partial charge in [-0.1, -0.05) is 6.42 Å². The lowest BCUT2D eigenvalue weighted by Crippen LogP contribution is -2.37. The Kier molecular flexibility index (Phi) is 5.00. The molecule has 0 aliphatic heterocycles. The molecule has 0 atom stereocenters. The first-order chi connectivity index (χ1) is 12.1. The lowest BCUT2D eigenvalue weighted by atomic mass is 9.66. The van der Waals surface area contributed by atoms with E-state index in [2.05, 4.69) is 21.1 Å². The first-order valence-corrected chi connectivity index (χ1v) is 8.19. The standard InChI is InChI=1S/C18H19F2N3O2/c19-17(20)25-13-2-3-15-14(8-13)16(12(9-21)10-22-15)23-11-18(6-7-24)4-1-5-18/h2-3,8,10,17,24H,1,4-7,11H2,(H,22,23). The van der Waals surface area contributed by atoms with Crippen LogP contribution in [-0.4, -0.2) is 29.9 Å². The molecule has 1 aliphatic carbocycles. The number of ether oxygens (including phenoxy) is 1. The molecule has 1 heterocycles. The first kappa shape index (κ1) is 17.4. The maximum atomic E-state index is 12.5. The molecule has 0 amide bonds. The van der Waals surface area contributed by atoms with Crippen LogP contribution in [0.3, 0.4) is 0 Å². The number of rotatable bonds is 7. The van der Waals surface area contributed by atoms with E-state index in [0.29, 0.717) is 35.1 Å². The Morgan fingerprint density at radius 3 is 2.80 bits per heavy atom. The van der Waals surface area contributed by atoms with Gasteiger partial charge in [-0.25, -0.2) is 0 Å². The summed E-state index contributed by atoms with van der Waals surface area (Å²) >= 11 is 0. The lowest BCUT2D eigenvalue weighted by molar-refractivity contribution is -0.0497. The van der Waals surface area contributed by atoms with E-state index in [1.165, 1.54) is 18.3 Å². The third kappa shape index (κ3) is 3.64. The molecule has 5 nitrogen and oxygen atoms in total. The number of aromatic nitrogens is 1. The van der Waals surface area contributed by atoms with Crippen molar-refractivity contribution in [1.29, 1.82) is 5.26 Å². The fourth-order valence-electron chi connectivity index (χ4n) is 3.33. The summed E-state index contributed by atoms with van der Waals surface area (Å²) in [5.41, 5.74) is 1.53. The highest BCUT2D eigenvalue weighted by Crippen LogP contribution is 2.44. The Morgan fingerprint density at radius 1 is 1.40 bits per heavy atom. The molecule has 1 aliphatic rings. The van der Waals surface area contributed by atoms with Gasteiger partial charge in [0, 0.05) is 24.7 Å². The average molecular weight is 347 g/mol. The van der Waals surface area contributed by atoms with Gasteiger partial charge in [-0.3, -0.25) is 4.98 Å². The molecule has 7 heteroatoms. The minimum Gasteiger partial charge on any atom is -0.435 e. The van der Waals surface area contributed by atoms with Gasteiger partial charge in [-0.15, -0.1) is 0 Å². The van der Waals surface area contributed by atoms with Crippen LogP contribution < -0.4 is 10.1 Å². The van der Waals surface area contributed by atoms with E-state index >= 15 is 0 Å². The van der Waals surface area contributed by atoms with Crippen molar-refractivity contribution in [3.05, 3.63) is 30.0 Å². The van der Waals surface area contributed by atoms with Crippen molar-refractivity contribution in [2.24, 2.45) is 5.41 Å². The number of hydrogen-bond donors (Lipinski definition) is 2. The summed E-state index contributed by atoms with van der Waals surface area (Å²) < 4.78 is 29.4. The average Bonchev–Trinajstić information content (AvgIpc) is 2.56. The van der Waals surface area contributed by atoms with Crippen LogP contribution in [0.5, 0.6) is 5.75 Å². The van der Waals surface area contributed by atoms with Gasteiger partial charge in [0.25, 0.3) is 0 Å². The summed E-state index contributed by atoms with van der Waals surface area (Å²) in [7, 11) is 0. The van der Waals surface area contributed by atoms with Gasteiger partial charge in [0.15, 0.2) is 0 Å². The normalized spacial score (nSPS) is 15.6. The second-order valence-electron chi connectivity index (χ2n) is 6.40. The molecule has 1 aromatic heterocycles. The number of anilines is 1. The van der Waals surface area contributed by atoms with Crippen molar-refractivity contribution in [1.82, 2.24) is 4.98 Å². The summed E-state index contributed by atoms with van der Waals surface area (Å²) in [6, 6.07) is 6.57. The zero-order valence-corrected chi connectivity index (χ0v) is 13.6. The zero-order valence-electron chi connectivity index (χ0n) is 13.6. The van der Waals surface area contributed by atoms with Crippen LogP contribution in [0, 0.1) is 16.7 Å². The van der Waals surface area contributed by atoms with Gasteiger partial charge in [0.05, 0.1) is 16.8 Å². The molecule has 0 spiro atoms. The SMILES string of the molecule is N#Cc1cnc2ccc(OC(F)F)cc2c1NCC1(CCO)CCC1. The third-order valence-electron chi connectivity index (χ3n) is 4.88. The van der Waals surface area contributed by atoms with Gasteiger partial charge in [-0.05, 0) is 42.9 Å². The van der Waals surface area contributed by atoms with Crippen LogP contribution in [0.25, 0.3) is 10.9 Å². The smallest absolute Gasteiger partial charge is 0.387 e. The van der Waals surface area contributed by atoms with Crippen molar-refractivity contribution in [3.63, 3.8) is 0 Å². The Bertz CT molecular complexity index is 801. The van der Waals surface area contributed by atoms with Crippen LogP contribution >= 0.6 is 0 Å². The van der Waals surface area contributed by atoms with E-state index in [4.69, 9.17) is 0 Å². The van der Waals surface area contributed by atoms with Crippen LogP contribution in [0.1, 0.15) is 31.2 Å². The number of alkyl halides is 2. The van der Waals surface area contributed by atoms with Gasteiger partial charge in [0.2, 0.25) is 0 Å². The molecule has 0 radical (unpaired) electrons. The second-order valence-corrected chi connectivity index (χ2v) is 6.40. The van der Waals surface area contributed by atoms with Crippen LogP contribution in [0.4, 0.5) is 14.5 Å². The van der Waals surface area contributed by atoms with Gasteiger partial charge < -0.3 is 15.2 Å². The van der Waals surface area contributed by atoms with E-state index in [1.54, 1.807) is 6.07 Å². The highest BCUT2D eigenvalue weighted by molar-refractivity contribution is 5.94. The van der Waals surface area contributed by atoms with Crippen molar-refractivity contribution in [2.45, 2.75) is 32.3 Å². The minimum atomic E-state index is -2.91. The number of halogens is 2. The predicted octanol–water partition coefficient (Wildman–Crippen LogP) is 3.67. The number of nitrogens with one attached hydrogen (secondary N) is 1. The fraction of sp³-hybridized carbons (Fsp3) is 0.444. The Labute approximate surface area is 144 Å². The third-order valence-corrected chi connectivity index (χ3v) is 4.88. The number of fused-ring (bicyclic) bond motifs is 1. The number of pyridine rings is 1. The highest BCUT2D eigenvalue weighted by Gasteiger charge is 2.36. The number of benzene rings is 1. The summed E-state index contributed by atoms with van der Waals surface area (Å²) in [5, 5.41) is 22.5. The Morgan fingerprint density at radius 2 is 2.20 bits per heavy atom. The molecule has 1 saturated carbocycles. The summed E-state index contributed by atoms with van der Waals surface area (Å²) in [6.07, 6.45) is 5.33. The maximum Gasteiger partial charge on any atom is 0.387 e. The molecule has 2 N–H and O–H groups in total. The quantitative estimate of drug-likeness (QED) is 0.799. The largest absolute Gasteiger partial charge is 0.435 e. The molecule has 1 fully saturated rings. The van der Waals surface area contributed by atoms with Crippen molar-refractivity contribution < 1.29 is 18.6 Å². The monoisotopic (exact) mass is 347 g/mol. The second kappa shape index (κ2) is 7.19. The molecule has 0 bridgehead atoms. The number of aliphatic hydroxyl groups is 1. The van der Waals surface area contributed by atoms with E-state index < -0.39 is 6.61 Å². The molecule has 132 valence electrons. The molecule has 2 aromatic rings. The lowest BCUT2D eigenvalue weighted by Gasteiger charge is -2.42. The summed E-state index contributed by atoms with van der Waals surface area (Å²) in [4.78, 5) is 4.20. The van der Waals surface area contributed by atoms with E-state index in [0.717, 1.165) is 19.3 Å². The number of nitrogens with zero attached hydrogens (tertiary/aromatic N) is 2. The molecular weight excluding hydrogens is 328 g/mol. The van der Waals surface area contributed by atoms with Crippen molar-refractivity contribution >= 4 is 16.6 Å². The minimum absolute atomic E-state index is 0.0220. The molecule has 3 rings (SSSR count). The first-order valence-electron chi connectivity index (χ1n) is 8.19. The number of hydrogen-bond acceptors (Lipinski definition) is 5. The van der Waals surface area contributed by atoms with E-state index in [9.17, 15) is 19.1 Å². The predicted molar refractivity (Wildman–Crippen MR) is 89.6 cm³/mol.